The molecule has 1 atom stereocenters. The maximum absolute atomic E-state index is 14.0. The third-order valence-electron chi connectivity index (χ3n) is 3.52. The largest absolute Gasteiger partial charge is 0.370 e. The third kappa shape index (κ3) is 3.70. The Balaban J connectivity index is 2.30. The van der Waals surface area contributed by atoms with Gasteiger partial charge in [-0.2, -0.15) is 0 Å². The quantitative estimate of drug-likeness (QED) is 0.915. The molecule has 1 aromatic rings. The second kappa shape index (κ2) is 6.10. The van der Waals surface area contributed by atoms with Crippen molar-refractivity contribution in [3.05, 3.63) is 29.6 Å². The van der Waals surface area contributed by atoms with Crippen molar-refractivity contribution in [2.45, 2.75) is 25.8 Å². The summed E-state index contributed by atoms with van der Waals surface area (Å²) in [7, 11) is -2.97. The monoisotopic (exact) mass is 300 g/mol. The van der Waals surface area contributed by atoms with E-state index >= 15 is 0 Å². The van der Waals surface area contributed by atoms with Crippen LogP contribution < -0.4 is 10.6 Å². The standard InChI is InChI=1S/C14H21FN2O2S/c1-11(16)10-12-13(15)4-2-5-14(12)17-6-3-8-20(18,19)9-7-17/h2,4-5,11H,3,6-10,16H2,1H3. The van der Waals surface area contributed by atoms with Crippen molar-refractivity contribution in [2.24, 2.45) is 5.73 Å². The number of hydrogen-bond acceptors (Lipinski definition) is 4. The molecule has 0 spiro atoms. The molecule has 0 amide bonds. The molecule has 1 fully saturated rings. The average Bonchev–Trinajstić information content (AvgIpc) is 2.52. The zero-order valence-electron chi connectivity index (χ0n) is 11.7. The molecule has 1 unspecified atom stereocenters. The summed E-state index contributed by atoms with van der Waals surface area (Å²) in [6.07, 6.45) is 1.03. The molecule has 20 heavy (non-hydrogen) atoms. The van der Waals surface area contributed by atoms with Gasteiger partial charge in [0.25, 0.3) is 0 Å². The Hall–Kier alpha value is -1.14. The molecular weight excluding hydrogens is 279 g/mol. The fourth-order valence-corrected chi connectivity index (χ4v) is 3.82. The molecule has 6 heteroatoms. The lowest BCUT2D eigenvalue weighted by atomic mass is 10.0. The van der Waals surface area contributed by atoms with E-state index in [1.807, 2.05) is 17.9 Å². The van der Waals surface area contributed by atoms with Crippen LogP contribution in [0.2, 0.25) is 0 Å². The molecule has 1 heterocycles. The minimum absolute atomic E-state index is 0.126. The van der Waals surface area contributed by atoms with E-state index in [1.165, 1.54) is 6.07 Å². The molecule has 0 aromatic heterocycles. The maximum atomic E-state index is 14.0. The Bertz CT molecular complexity index is 573. The van der Waals surface area contributed by atoms with Crippen LogP contribution in [0.5, 0.6) is 0 Å². The van der Waals surface area contributed by atoms with E-state index in [0.717, 1.165) is 5.69 Å². The number of hydrogen-bond donors (Lipinski definition) is 1. The first-order valence-electron chi connectivity index (χ1n) is 6.87. The summed E-state index contributed by atoms with van der Waals surface area (Å²) in [4.78, 5) is 1.96. The van der Waals surface area contributed by atoms with Crippen molar-refractivity contribution in [1.29, 1.82) is 0 Å². The summed E-state index contributed by atoms with van der Waals surface area (Å²) in [5, 5.41) is 0. The van der Waals surface area contributed by atoms with E-state index in [4.69, 9.17) is 5.73 Å². The van der Waals surface area contributed by atoms with Crippen molar-refractivity contribution < 1.29 is 12.8 Å². The second-order valence-corrected chi connectivity index (χ2v) is 7.71. The van der Waals surface area contributed by atoms with Crippen LogP contribution in [0.3, 0.4) is 0 Å². The van der Waals surface area contributed by atoms with E-state index in [9.17, 15) is 12.8 Å². The number of sulfone groups is 1. The van der Waals surface area contributed by atoms with Crippen molar-refractivity contribution in [3.8, 4) is 0 Å². The molecular formula is C14H21FN2O2S. The number of nitrogens with two attached hydrogens (primary N) is 1. The smallest absolute Gasteiger partial charge is 0.152 e. The van der Waals surface area contributed by atoms with E-state index in [1.54, 1.807) is 6.07 Å². The first-order valence-corrected chi connectivity index (χ1v) is 8.69. The number of benzene rings is 1. The molecule has 2 N–H and O–H groups in total. The predicted octanol–water partition coefficient (Wildman–Crippen LogP) is 1.34. The van der Waals surface area contributed by atoms with Crippen LogP contribution in [0.25, 0.3) is 0 Å². The highest BCUT2D eigenvalue weighted by molar-refractivity contribution is 7.91. The normalized spacial score (nSPS) is 20.4. The summed E-state index contributed by atoms with van der Waals surface area (Å²) in [5.74, 6) is 0.0645. The average molecular weight is 300 g/mol. The molecule has 0 radical (unpaired) electrons. The Morgan fingerprint density at radius 3 is 2.80 bits per heavy atom. The second-order valence-electron chi connectivity index (χ2n) is 5.41. The lowest BCUT2D eigenvalue weighted by Gasteiger charge is -2.26. The first-order chi connectivity index (χ1) is 9.39. The van der Waals surface area contributed by atoms with Gasteiger partial charge in [0, 0.05) is 30.4 Å². The highest BCUT2D eigenvalue weighted by atomic mass is 32.2. The SMILES string of the molecule is CC(N)Cc1c(F)cccc1N1CCCS(=O)(=O)CC1. The van der Waals surface area contributed by atoms with Crippen molar-refractivity contribution in [3.63, 3.8) is 0 Å². The zero-order chi connectivity index (χ0) is 14.8. The topological polar surface area (TPSA) is 63.4 Å². The lowest BCUT2D eigenvalue weighted by molar-refractivity contribution is 0.594. The van der Waals surface area contributed by atoms with Crippen LogP contribution in [-0.2, 0) is 16.3 Å². The third-order valence-corrected chi connectivity index (χ3v) is 5.23. The Morgan fingerprint density at radius 1 is 1.35 bits per heavy atom. The molecule has 2 rings (SSSR count). The minimum Gasteiger partial charge on any atom is -0.370 e. The molecule has 0 aliphatic carbocycles. The van der Waals surface area contributed by atoms with Gasteiger partial charge in [0.1, 0.15) is 5.82 Å². The van der Waals surface area contributed by atoms with Crippen molar-refractivity contribution in [1.82, 2.24) is 0 Å². The predicted molar refractivity (Wildman–Crippen MR) is 79.2 cm³/mol. The summed E-state index contributed by atoms with van der Waals surface area (Å²) in [6, 6.07) is 4.80. The summed E-state index contributed by atoms with van der Waals surface area (Å²) >= 11 is 0. The molecule has 4 nitrogen and oxygen atoms in total. The van der Waals surface area contributed by atoms with E-state index in [2.05, 4.69) is 0 Å². The van der Waals surface area contributed by atoms with Gasteiger partial charge >= 0.3 is 0 Å². The Morgan fingerprint density at radius 2 is 2.10 bits per heavy atom. The van der Waals surface area contributed by atoms with Gasteiger partial charge in [-0.25, -0.2) is 12.8 Å². The molecule has 1 aliphatic heterocycles. The maximum Gasteiger partial charge on any atom is 0.152 e. The van der Waals surface area contributed by atoms with Gasteiger partial charge in [0.2, 0.25) is 0 Å². The lowest BCUT2D eigenvalue weighted by Crippen LogP contribution is -2.29. The van der Waals surface area contributed by atoms with Crippen molar-refractivity contribution >= 4 is 15.5 Å². The number of anilines is 1. The fraction of sp³-hybridized carbons (Fsp3) is 0.571. The summed E-state index contributed by atoms with van der Waals surface area (Å²) in [6.45, 7) is 2.88. The van der Waals surface area contributed by atoms with Crippen LogP contribution in [0.1, 0.15) is 18.9 Å². The van der Waals surface area contributed by atoms with Crippen LogP contribution in [0, 0.1) is 5.82 Å². The molecule has 0 bridgehead atoms. The van der Waals surface area contributed by atoms with Gasteiger partial charge in [0.15, 0.2) is 9.84 Å². The van der Waals surface area contributed by atoms with E-state index in [-0.39, 0.29) is 23.4 Å². The van der Waals surface area contributed by atoms with E-state index < -0.39 is 9.84 Å². The van der Waals surface area contributed by atoms with Crippen LogP contribution >= 0.6 is 0 Å². The Kier molecular flexibility index (Phi) is 4.65. The van der Waals surface area contributed by atoms with Crippen LogP contribution in [-0.4, -0.2) is 39.1 Å². The van der Waals surface area contributed by atoms with Crippen molar-refractivity contribution in [2.75, 3.05) is 29.5 Å². The zero-order valence-corrected chi connectivity index (χ0v) is 12.5. The highest BCUT2D eigenvalue weighted by Crippen LogP contribution is 2.26. The Labute approximate surface area is 119 Å². The fourth-order valence-electron chi connectivity index (χ4n) is 2.55. The number of halogens is 1. The van der Waals surface area contributed by atoms with Gasteiger partial charge in [-0.15, -0.1) is 0 Å². The van der Waals surface area contributed by atoms with Crippen LogP contribution in [0.4, 0.5) is 10.1 Å². The summed E-state index contributed by atoms with van der Waals surface area (Å²) in [5.41, 5.74) is 7.15. The molecule has 1 aromatic carbocycles. The molecule has 112 valence electrons. The first kappa shape index (κ1) is 15.3. The summed E-state index contributed by atoms with van der Waals surface area (Å²) < 4.78 is 37.3. The van der Waals surface area contributed by atoms with Gasteiger partial charge in [-0.1, -0.05) is 6.07 Å². The van der Waals surface area contributed by atoms with Gasteiger partial charge < -0.3 is 10.6 Å². The minimum atomic E-state index is -2.97. The number of rotatable bonds is 3. The molecule has 1 saturated heterocycles. The number of nitrogens with zero attached hydrogens (tertiary/aromatic N) is 1. The van der Waals surface area contributed by atoms with Gasteiger partial charge in [-0.05, 0) is 31.9 Å². The van der Waals surface area contributed by atoms with Gasteiger partial charge in [0.05, 0.1) is 11.5 Å². The highest BCUT2D eigenvalue weighted by Gasteiger charge is 2.22. The molecule has 1 aliphatic rings. The molecule has 0 saturated carbocycles. The van der Waals surface area contributed by atoms with Gasteiger partial charge in [-0.3, -0.25) is 0 Å². The van der Waals surface area contributed by atoms with Crippen LogP contribution in [0.15, 0.2) is 18.2 Å². The van der Waals surface area contributed by atoms with E-state index in [0.29, 0.717) is 31.5 Å².